The summed E-state index contributed by atoms with van der Waals surface area (Å²) in [6.45, 7) is 2.82. The topological polar surface area (TPSA) is 35.1 Å². The summed E-state index contributed by atoms with van der Waals surface area (Å²) in [5.74, 6) is 1.07. The average molecular weight is 361 g/mol. The summed E-state index contributed by atoms with van der Waals surface area (Å²) in [4.78, 5) is 13.2. The predicted molar refractivity (Wildman–Crippen MR) is 103 cm³/mol. The van der Waals surface area contributed by atoms with Crippen molar-refractivity contribution >= 4 is 5.97 Å². The zero-order valence-corrected chi connectivity index (χ0v) is 15.8. The summed E-state index contributed by atoms with van der Waals surface area (Å²) in [6, 6.07) is 20.0. The number of nitrogens with zero attached hydrogens (tertiary/aromatic N) is 2. The predicted octanol–water partition coefficient (Wildman–Crippen LogP) is 3.18. The van der Waals surface area contributed by atoms with Crippen LogP contribution in [0.5, 0.6) is 0 Å². The van der Waals surface area contributed by atoms with Crippen molar-refractivity contribution < 1.29 is 14.1 Å². The van der Waals surface area contributed by atoms with Gasteiger partial charge in [0.15, 0.2) is 0 Å². The molecule has 27 heavy (non-hydrogen) atoms. The Labute approximate surface area is 160 Å². The quantitative estimate of drug-likeness (QED) is 0.517. The van der Waals surface area contributed by atoms with Crippen LogP contribution in [0.15, 0.2) is 73.1 Å². The molecule has 0 saturated carbocycles. The lowest BCUT2D eigenvalue weighted by Gasteiger charge is -2.26. The monoisotopic (exact) mass is 361 g/mol. The van der Waals surface area contributed by atoms with E-state index in [9.17, 15) is 4.79 Å². The van der Waals surface area contributed by atoms with E-state index in [4.69, 9.17) is 4.74 Å². The molecule has 3 aromatic rings. The first-order valence-electron chi connectivity index (χ1n) is 9.51. The lowest BCUT2D eigenvalue weighted by Crippen LogP contribution is -2.33. The van der Waals surface area contributed by atoms with Gasteiger partial charge in [0, 0.05) is 12.8 Å². The molecule has 0 spiro atoms. The molecule has 0 bridgehead atoms. The minimum absolute atomic E-state index is 0.153. The number of carbonyl (C=O) groups excluding carboxylic acids is 1. The Hall–Kier alpha value is -2.88. The summed E-state index contributed by atoms with van der Waals surface area (Å²) in [6.07, 6.45) is 5.54. The largest absolute Gasteiger partial charge is 0.457 e. The van der Waals surface area contributed by atoms with Crippen molar-refractivity contribution in [3.63, 3.8) is 0 Å². The van der Waals surface area contributed by atoms with Gasteiger partial charge in [0.1, 0.15) is 30.5 Å². The SMILES string of the molecule is CCc1n(CC2CC(c3ccccc3)(c3ccccc3)C(=O)O2)cc[n+]1C. The van der Waals surface area contributed by atoms with Gasteiger partial charge in [-0.25, -0.2) is 9.13 Å². The Balaban J connectivity index is 1.72. The maximum absolute atomic E-state index is 13.2. The van der Waals surface area contributed by atoms with Gasteiger partial charge in [-0.2, -0.15) is 0 Å². The van der Waals surface area contributed by atoms with Gasteiger partial charge in [0.2, 0.25) is 0 Å². The number of hydrogen-bond donors (Lipinski definition) is 0. The van der Waals surface area contributed by atoms with Gasteiger partial charge >= 0.3 is 5.97 Å². The fourth-order valence-corrected chi connectivity index (χ4v) is 4.30. The lowest BCUT2D eigenvalue weighted by molar-refractivity contribution is -0.678. The number of ether oxygens (including phenoxy) is 1. The molecule has 4 nitrogen and oxygen atoms in total. The smallest absolute Gasteiger partial charge is 0.321 e. The van der Waals surface area contributed by atoms with E-state index in [1.807, 2.05) is 67.7 Å². The number of rotatable bonds is 5. The zero-order chi connectivity index (χ0) is 18.9. The molecule has 1 aliphatic rings. The highest BCUT2D eigenvalue weighted by Crippen LogP contribution is 2.43. The molecule has 0 aliphatic carbocycles. The third-order valence-electron chi connectivity index (χ3n) is 5.61. The first kappa shape index (κ1) is 17.5. The van der Waals surface area contributed by atoms with Gasteiger partial charge in [-0.1, -0.05) is 67.6 Å². The molecule has 0 radical (unpaired) electrons. The fraction of sp³-hybridized carbons (Fsp3) is 0.304. The van der Waals surface area contributed by atoms with Crippen LogP contribution >= 0.6 is 0 Å². The molecule has 1 saturated heterocycles. The third kappa shape index (κ3) is 2.95. The highest BCUT2D eigenvalue weighted by atomic mass is 16.6. The van der Waals surface area contributed by atoms with Gasteiger partial charge in [0.05, 0.1) is 7.05 Å². The van der Waals surface area contributed by atoms with Gasteiger partial charge in [-0.15, -0.1) is 0 Å². The highest BCUT2D eigenvalue weighted by Gasteiger charge is 2.52. The number of benzene rings is 2. The minimum Gasteiger partial charge on any atom is -0.457 e. The second-order valence-electron chi connectivity index (χ2n) is 7.20. The first-order valence-corrected chi connectivity index (χ1v) is 9.51. The molecule has 2 aromatic carbocycles. The van der Waals surface area contributed by atoms with Crippen molar-refractivity contribution in [1.29, 1.82) is 0 Å². The van der Waals surface area contributed by atoms with E-state index in [2.05, 4.69) is 28.5 Å². The number of esters is 1. The van der Waals surface area contributed by atoms with Crippen LogP contribution in [0.3, 0.4) is 0 Å². The van der Waals surface area contributed by atoms with E-state index in [1.54, 1.807) is 0 Å². The number of cyclic esters (lactones) is 1. The third-order valence-corrected chi connectivity index (χ3v) is 5.61. The van der Waals surface area contributed by atoms with Crippen LogP contribution in [0.4, 0.5) is 0 Å². The molecule has 4 rings (SSSR count). The zero-order valence-electron chi connectivity index (χ0n) is 15.8. The summed E-state index contributed by atoms with van der Waals surface area (Å²) in [7, 11) is 2.05. The standard InChI is InChI=1S/C23H25N2O2/c1-3-21-24(2)14-15-25(21)17-20-16-23(22(26)27-20,18-10-6-4-7-11-18)19-12-8-5-9-13-19/h4-15,20H,3,16-17H2,1-2H3/q+1. The molecular formula is C23H25N2O2+. The number of imidazole rings is 1. The second kappa shape index (κ2) is 7.03. The Bertz CT molecular complexity index is 892. The molecule has 1 unspecified atom stereocenters. The Morgan fingerprint density at radius 1 is 1.07 bits per heavy atom. The number of hydrogen-bond acceptors (Lipinski definition) is 2. The van der Waals surface area contributed by atoms with E-state index < -0.39 is 5.41 Å². The molecule has 1 aliphatic heterocycles. The van der Waals surface area contributed by atoms with Crippen molar-refractivity contribution in [2.24, 2.45) is 7.05 Å². The van der Waals surface area contributed by atoms with Crippen LogP contribution in [0.2, 0.25) is 0 Å². The van der Waals surface area contributed by atoms with Crippen LogP contribution in [0.25, 0.3) is 0 Å². The molecule has 4 heteroatoms. The van der Waals surface area contributed by atoms with E-state index >= 15 is 0 Å². The first-order chi connectivity index (χ1) is 13.1. The maximum atomic E-state index is 13.2. The van der Waals surface area contributed by atoms with Gasteiger partial charge in [-0.05, 0) is 11.1 Å². The lowest BCUT2D eigenvalue weighted by atomic mass is 9.72. The van der Waals surface area contributed by atoms with Crippen LogP contribution < -0.4 is 4.57 Å². The van der Waals surface area contributed by atoms with Crippen molar-refractivity contribution in [1.82, 2.24) is 4.57 Å². The fourth-order valence-electron chi connectivity index (χ4n) is 4.30. The van der Waals surface area contributed by atoms with Crippen LogP contribution in [0.1, 0.15) is 30.3 Å². The number of aromatic nitrogens is 2. The summed E-state index contributed by atoms with van der Waals surface area (Å²) < 4.78 is 10.3. The van der Waals surface area contributed by atoms with Crippen molar-refractivity contribution in [3.8, 4) is 0 Å². The van der Waals surface area contributed by atoms with E-state index in [1.165, 1.54) is 5.82 Å². The Morgan fingerprint density at radius 3 is 2.22 bits per heavy atom. The van der Waals surface area contributed by atoms with Crippen molar-refractivity contribution in [2.75, 3.05) is 0 Å². The van der Waals surface area contributed by atoms with Gasteiger partial charge < -0.3 is 4.74 Å². The summed E-state index contributed by atoms with van der Waals surface area (Å²) >= 11 is 0. The molecule has 1 aromatic heterocycles. The van der Waals surface area contributed by atoms with Gasteiger partial charge in [-0.3, -0.25) is 4.79 Å². The second-order valence-corrected chi connectivity index (χ2v) is 7.20. The van der Waals surface area contributed by atoms with Gasteiger partial charge in [0.25, 0.3) is 5.82 Å². The summed E-state index contributed by atoms with van der Waals surface area (Å²) in [5, 5.41) is 0. The molecule has 138 valence electrons. The maximum Gasteiger partial charge on any atom is 0.321 e. The number of carbonyl (C=O) groups is 1. The molecule has 0 amide bonds. The van der Waals surface area contributed by atoms with Crippen molar-refractivity contribution in [2.45, 2.75) is 37.8 Å². The van der Waals surface area contributed by atoms with Crippen LogP contribution in [-0.2, 0) is 35.0 Å². The van der Waals surface area contributed by atoms with Crippen LogP contribution in [0, 0.1) is 0 Å². The molecule has 0 N–H and O–H groups in total. The Kier molecular flexibility index (Phi) is 4.56. The van der Waals surface area contributed by atoms with E-state index in [0.717, 1.165) is 17.5 Å². The molecule has 1 fully saturated rings. The van der Waals surface area contributed by atoms with Crippen LogP contribution in [-0.4, -0.2) is 16.6 Å². The highest BCUT2D eigenvalue weighted by molar-refractivity contribution is 5.89. The van der Waals surface area contributed by atoms with E-state index in [-0.39, 0.29) is 12.1 Å². The average Bonchev–Trinajstić information content (AvgIpc) is 3.23. The normalized spacial score (nSPS) is 18.4. The van der Waals surface area contributed by atoms with Crippen molar-refractivity contribution in [3.05, 3.63) is 90.0 Å². The molecule has 2 heterocycles. The Morgan fingerprint density at radius 2 is 1.67 bits per heavy atom. The minimum atomic E-state index is -0.741. The van der Waals surface area contributed by atoms with E-state index in [0.29, 0.717) is 13.0 Å². The summed E-state index contributed by atoms with van der Waals surface area (Å²) in [5.41, 5.74) is 1.25. The number of aryl methyl sites for hydroxylation is 1. The molecule has 1 atom stereocenters. The molecular weight excluding hydrogens is 336 g/mol.